The minimum atomic E-state index is -4.22. The molecule has 1 N–H and O–H groups in total. The maximum absolute atomic E-state index is 14.3. The molecule has 3 aromatic rings. The van der Waals surface area contributed by atoms with Gasteiger partial charge in [0.1, 0.15) is 24.1 Å². The first-order chi connectivity index (χ1) is 21.1. The summed E-state index contributed by atoms with van der Waals surface area (Å²) in [4.78, 5) is 29.4. The number of carbonyl (C=O) groups excluding carboxylic acids is 2. The Morgan fingerprint density at radius 1 is 1.00 bits per heavy atom. The number of methoxy groups -OCH3 is 2. The number of aryl methyl sites for hydroxylation is 1. The zero-order valence-corrected chi connectivity index (χ0v) is 28.0. The average molecular weight is 687 g/mol. The smallest absolute Gasteiger partial charge is 0.264 e. The van der Waals surface area contributed by atoms with Gasteiger partial charge in [-0.3, -0.25) is 13.9 Å². The van der Waals surface area contributed by atoms with Crippen molar-refractivity contribution < 1.29 is 27.5 Å². The van der Waals surface area contributed by atoms with Crippen molar-refractivity contribution in [3.63, 3.8) is 0 Å². The van der Waals surface area contributed by atoms with E-state index in [1.165, 1.54) is 24.1 Å². The van der Waals surface area contributed by atoms with Gasteiger partial charge in [-0.2, -0.15) is 0 Å². The number of halogens is 1. The van der Waals surface area contributed by atoms with Crippen LogP contribution in [0.15, 0.2) is 76.1 Å². The first-order valence-corrected chi connectivity index (χ1v) is 17.0. The predicted octanol–water partition coefficient (Wildman–Crippen LogP) is 5.84. The van der Waals surface area contributed by atoms with Crippen LogP contribution < -0.4 is 19.1 Å². The van der Waals surface area contributed by atoms with E-state index in [-0.39, 0.29) is 23.4 Å². The van der Waals surface area contributed by atoms with Crippen molar-refractivity contribution in [1.29, 1.82) is 0 Å². The molecule has 236 valence electrons. The summed E-state index contributed by atoms with van der Waals surface area (Å²) in [5, 5.41) is 3.13. The van der Waals surface area contributed by atoms with Gasteiger partial charge < -0.3 is 19.7 Å². The van der Waals surface area contributed by atoms with Gasteiger partial charge in [0, 0.05) is 12.6 Å². The molecular formula is C33H40BrN3O6S. The van der Waals surface area contributed by atoms with E-state index in [2.05, 4.69) is 21.2 Å². The lowest BCUT2D eigenvalue weighted by Gasteiger charge is -2.34. The molecule has 0 heterocycles. The SMILES string of the molecule is CC[C@@H](C(=O)NC1CCCC1)N(Cc1cccc(OC)c1)C(=O)CN(c1ccc(C)cc1)S(=O)(=O)c1ccc(OC)c(Br)c1. The molecule has 2 amide bonds. The molecule has 4 rings (SSSR count). The second-order valence-corrected chi connectivity index (χ2v) is 13.6. The lowest BCUT2D eigenvalue weighted by Crippen LogP contribution is -2.53. The van der Waals surface area contributed by atoms with Crippen LogP contribution >= 0.6 is 15.9 Å². The van der Waals surface area contributed by atoms with Gasteiger partial charge in [0.15, 0.2) is 0 Å². The summed E-state index contributed by atoms with van der Waals surface area (Å²) in [6.07, 6.45) is 4.28. The van der Waals surface area contributed by atoms with Crippen LogP contribution in [0.25, 0.3) is 0 Å². The molecule has 3 aromatic carbocycles. The Kier molecular flexibility index (Phi) is 11.3. The van der Waals surface area contributed by atoms with Crippen LogP contribution in [0.3, 0.4) is 0 Å². The van der Waals surface area contributed by atoms with Gasteiger partial charge in [-0.05, 0) is 90.1 Å². The molecule has 1 aliphatic rings. The third kappa shape index (κ3) is 7.92. The molecular weight excluding hydrogens is 646 g/mol. The second-order valence-electron chi connectivity index (χ2n) is 10.9. The minimum absolute atomic E-state index is 0.0103. The molecule has 0 aliphatic heterocycles. The van der Waals surface area contributed by atoms with E-state index in [1.807, 2.05) is 32.0 Å². The number of carbonyl (C=O) groups is 2. The fourth-order valence-electron chi connectivity index (χ4n) is 5.43. The number of nitrogens with zero attached hydrogens (tertiary/aromatic N) is 2. The van der Waals surface area contributed by atoms with Crippen LogP contribution in [0.1, 0.15) is 50.2 Å². The first kappa shape index (κ1) is 33.3. The molecule has 0 spiro atoms. The highest BCUT2D eigenvalue weighted by atomic mass is 79.9. The standard InChI is InChI=1S/C33H40BrN3O6S/c1-5-30(33(39)35-25-10-6-7-11-25)36(21-24-9-8-12-27(19-24)42-3)32(38)22-37(26-15-13-23(2)14-16-26)44(40,41)28-17-18-31(43-4)29(34)20-28/h8-9,12-20,25,30H,5-7,10-11,21-22H2,1-4H3,(H,35,39)/t30-/m0/s1. The molecule has 1 saturated carbocycles. The highest BCUT2D eigenvalue weighted by Gasteiger charge is 2.35. The summed E-state index contributed by atoms with van der Waals surface area (Å²) in [5.74, 6) is 0.357. The number of anilines is 1. The fourth-order valence-corrected chi connectivity index (χ4v) is 7.56. The topological polar surface area (TPSA) is 105 Å². The van der Waals surface area contributed by atoms with Crippen LogP contribution in [-0.4, -0.2) is 58.0 Å². The number of sulfonamides is 1. The van der Waals surface area contributed by atoms with Crippen molar-refractivity contribution in [1.82, 2.24) is 10.2 Å². The summed E-state index contributed by atoms with van der Waals surface area (Å²) in [7, 11) is -1.16. The van der Waals surface area contributed by atoms with Crippen LogP contribution in [0.2, 0.25) is 0 Å². The highest BCUT2D eigenvalue weighted by molar-refractivity contribution is 9.10. The number of amides is 2. The minimum Gasteiger partial charge on any atom is -0.497 e. The van der Waals surface area contributed by atoms with E-state index in [0.717, 1.165) is 41.1 Å². The summed E-state index contributed by atoms with van der Waals surface area (Å²) in [6.45, 7) is 3.35. The van der Waals surface area contributed by atoms with Crippen molar-refractivity contribution in [3.05, 3.63) is 82.3 Å². The van der Waals surface area contributed by atoms with Gasteiger partial charge in [0.25, 0.3) is 10.0 Å². The molecule has 0 bridgehead atoms. The van der Waals surface area contributed by atoms with Crippen LogP contribution in [-0.2, 0) is 26.2 Å². The zero-order chi connectivity index (χ0) is 31.9. The first-order valence-electron chi connectivity index (χ1n) is 14.7. The lowest BCUT2D eigenvalue weighted by molar-refractivity contribution is -0.140. The van der Waals surface area contributed by atoms with Gasteiger partial charge in [-0.1, -0.05) is 49.6 Å². The third-order valence-corrected chi connectivity index (χ3v) is 10.3. The molecule has 0 aromatic heterocycles. The van der Waals surface area contributed by atoms with Crippen molar-refractivity contribution in [2.45, 2.75) is 69.5 Å². The van der Waals surface area contributed by atoms with E-state index in [0.29, 0.717) is 28.1 Å². The molecule has 44 heavy (non-hydrogen) atoms. The summed E-state index contributed by atoms with van der Waals surface area (Å²) in [5.41, 5.74) is 2.04. The van der Waals surface area contributed by atoms with Gasteiger partial charge >= 0.3 is 0 Å². The predicted molar refractivity (Wildman–Crippen MR) is 174 cm³/mol. The Morgan fingerprint density at radius 3 is 2.32 bits per heavy atom. The molecule has 1 atom stereocenters. The van der Waals surface area contributed by atoms with Gasteiger partial charge in [0.05, 0.1) is 29.3 Å². The van der Waals surface area contributed by atoms with Gasteiger partial charge in [0.2, 0.25) is 11.8 Å². The summed E-state index contributed by atoms with van der Waals surface area (Å²) in [6, 6.07) is 18.0. The fraction of sp³-hybridized carbons (Fsp3) is 0.394. The molecule has 0 saturated heterocycles. The number of hydrogen-bond acceptors (Lipinski definition) is 6. The molecule has 1 aliphatic carbocycles. The van der Waals surface area contributed by atoms with Crippen molar-refractivity contribution in [2.75, 3.05) is 25.1 Å². The van der Waals surface area contributed by atoms with Crippen molar-refractivity contribution in [2.24, 2.45) is 0 Å². The van der Waals surface area contributed by atoms with Crippen molar-refractivity contribution >= 4 is 43.5 Å². The normalized spacial score (nSPS) is 14.1. The van der Waals surface area contributed by atoms with Crippen LogP contribution in [0, 0.1) is 6.92 Å². The highest BCUT2D eigenvalue weighted by Crippen LogP contribution is 2.31. The Balaban J connectivity index is 1.73. The number of benzene rings is 3. The number of hydrogen-bond donors (Lipinski definition) is 1. The van der Waals surface area contributed by atoms with E-state index < -0.39 is 28.5 Å². The Labute approximate surface area is 268 Å². The van der Waals surface area contributed by atoms with E-state index in [9.17, 15) is 18.0 Å². The van der Waals surface area contributed by atoms with Gasteiger partial charge in [-0.25, -0.2) is 8.42 Å². The monoisotopic (exact) mass is 685 g/mol. The van der Waals surface area contributed by atoms with Crippen molar-refractivity contribution in [3.8, 4) is 11.5 Å². The van der Waals surface area contributed by atoms with E-state index >= 15 is 0 Å². The summed E-state index contributed by atoms with van der Waals surface area (Å²) >= 11 is 3.38. The number of ether oxygens (including phenoxy) is 2. The Hall–Kier alpha value is -3.57. The van der Waals surface area contributed by atoms with Crippen LogP contribution in [0.5, 0.6) is 11.5 Å². The Bertz CT molecular complexity index is 1560. The molecule has 0 unspecified atom stereocenters. The quantitative estimate of drug-likeness (QED) is 0.243. The molecule has 1 fully saturated rings. The van der Waals surface area contributed by atoms with E-state index in [4.69, 9.17) is 9.47 Å². The molecule has 9 nitrogen and oxygen atoms in total. The van der Waals surface area contributed by atoms with E-state index in [1.54, 1.807) is 43.5 Å². The zero-order valence-electron chi connectivity index (χ0n) is 25.6. The second kappa shape index (κ2) is 14.9. The lowest BCUT2D eigenvalue weighted by atomic mass is 10.1. The number of rotatable bonds is 13. The average Bonchev–Trinajstić information content (AvgIpc) is 3.53. The number of nitrogens with one attached hydrogen (secondary N) is 1. The van der Waals surface area contributed by atoms with Crippen LogP contribution in [0.4, 0.5) is 5.69 Å². The Morgan fingerprint density at radius 2 is 1.70 bits per heavy atom. The maximum atomic E-state index is 14.3. The maximum Gasteiger partial charge on any atom is 0.264 e. The molecule has 11 heteroatoms. The molecule has 0 radical (unpaired) electrons. The largest absolute Gasteiger partial charge is 0.497 e. The summed E-state index contributed by atoms with van der Waals surface area (Å²) < 4.78 is 40.6. The third-order valence-electron chi connectivity index (χ3n) is 7.89. The van der Waals surface area contributed by atoms with Gasteiger partial charge in [-0.15, -0.1) is 0 Å².